The summed E-state index contributed by atoms with van der Waals surface area (Å²) < 4.78 is 23.5. The lowest BCUT2D eigenvalue weighted by Crippen LogP contribution is -1.94. The Bertz CT molecular complexity index is 844. The molecule has 3 aromatic rings. The smallest absolute Gasteiger partial charge is 0.311 e. The molecule has 0 fully saturated rings. The zero-order valence-corrected chi connectivity index (χ0v) is 10.9. The average Bonchev–Trinajstić information content (AvgIpc) is 2.89. The van der Waals surface area contributed by atoms with Crippen LogP contribution in [0.3, 0.4) is 0 Å². The van der Waals surface area contributed by atoms with Gasteiger partial charge >= 0.3 is 5.69 Å². The molecule has 1 aromatic heterocycles. The van der Waals surface area contributed by atoms with E-state index in [-0.39, 0.29) is 17.3 Å². The van der Waals surface area contributed by atoms with E-state index in [4.69, 9.17) is 9.15 Å². The number of nitro benzene ring substituents is 1. The summed E-state index contributed by atoms with van der Waals surface area (Å²) in [6.07, 6.45) is 0. The minimum atomic E-state index is -0.551. The number of hydrogen-bond donors (Lipinski definition) is 0. The van der Waals surface area contributed by atoms with Crippen LogP contribution < -0.4 is 4.74 Å². The zero-order valence-electron chi connectivity index (χ0n) is 10.9. The van der Waals surface area contributed by atoms with Crippen LogP contribution in [0.4, 0.5) is 10.1 Å². The van der Waals surface area contributed by atoms with Gasteiger partial charge in [-0.15, -0.1) is 0 Å². The largest absolute Gasteiger partial charge is 0.490 e. The van der Waals surface area contributed by atoms with Crippen LogP contribution in [-0.2, 0) is 0 Å². The van der Waals surface area contributed by atoms with Crippen molar-refractivity contribution in [3.05, 3.63) is 52.3 Å². The van der Waals surface area contributed by atoms with Crippen LogP contribution in [0.2, 0.25) is 0 Å². The minimum Gasteiger partial charge on any atom is -0.490 e. The number of fused-ring (bicyclic) bond motifs is 1. The van der Waals surface area contributed by atoms with Crippen molar-refractivity contribution in [2.75, 3.05) is 7.11 Å². The highest BCUT2D eigenvalue weighted by Crippen LogP contribution is 2.33. The molecule has 0 aliphatic heterocycles. The molecule has 0 aliphatic carbocycles. The van der Waals surface area contributed by atoms with Crippen molar-refractivity contribution >= 4 is 16.8 Å². The highest BCUT2D eigenvalue weighted by molar-refractivity contribution is 5.76. The van der Waals surface area contributed by atoms with E-state index >= 15 is 0 Å². The van der Waals surface area contributed by atoms with Gasteiger partial charge in [0.05, 0.1) is 12.0 Å². The maximum atomic E-state index is 13.1. The number of methoxy groups -OCH3 is 1. The van der Waals surface area contributed by atoms with E-state index in [0.717, 1.165) is 0 Å². The van der Waals surface area contributed by atoms with E-state index in [1.165, 1.54) is 37.4 Å². The molecule has 0 bridgehead atoms. The minimum absolute atomic E-state index is 0.144. The fourth-order valence-electron chi connectivity index (χ4n) is 1.99. The molecule has 0 N–H and O–H groups in total. The van der Waals surface area contributed by atoms with Crippen molar-refractivity contribution in [2.45, 2.75) is 0 Å². The number of aromatic nitrogens is 1. The van der Waals surface area contributed by atoms with Crippen molar-refractivity contribution < 1.29 is 18.5 Å². The number of rotatable bonds is 3. The Labute approximate surface area is 117 Å². The molecule has 0 unspecified atom stereocenters. The van der Waals surface area contributed by atoms with Gasteiger partial charge in [-0.25, -0.2) is 9.37 Å². The summed E-state index contributed by atoms with van der Waals surface area (Å²) in [5, 5.41) is 11.0. The molecular weight excluding hydrogens is 279 g/mol. The second-order valence-corrected chi connectivity index (χ2v) is 4.27. The Morgan fingerprint density at radius 1 is 1.29 bits per heavy atom. The van der Waals surface area contributed by atoms with Crippen molar-refractivity contribution in [3.8, 4) is 17.2 Å². The monoisotopic (exact) mass is 288 g/mol. The van der Waals surface area contributed by atoms with Gasteiger partial charge in [0.2, 0.25) is 5.89 Å². The van der Waals surface area contributed by atoms with Gasteiger partial charge in [0.1, 0.15) is 11.3 Å². The second-order valence-electron chi connectivity index (χ2n) is 4.27. The molecule has 0 saturated carbocycles. The van der Waals surface area contributed by atoms with Crippen molar-refractivity contribution in [3.63, 3.8) is 0 Å². The molecule has 0 atom stereocenters. The standard InChI is InChI=1S/C14H9FN2O4/c1-20-13-4-2-8(6-11(13)17(18)19)14-16-10-7-9(15)3-5-12(10)21-14/h2-7H,1H3. The van der Waals surface area contributed by atoms with Crippen molar-refractivity contribution in [1.29, 1.82) is 0 Å². The number of benzene rings is 2. The van der Waals surface area contributed by atoms with Crippen LogP contribution in [0.15, 0.2) is 40.8 Å². The van der Waals surface area contributed by atoms with Crippen LogP contribution in [0.5, 0.6) is 5.75 Å². The fraction of sp³-hybridized carbons (Fsp3) is 0.0714. The molecule has 0 amide bonds. The molecule has 0 saturated heterocycles. The predicted molar refractivity (Wildman–Crippen MR) is 72.6 cm³/mol. The summed E-state index contributed by atoms with van der Waals surface area (Å²) in [6.45, 7) is 0. The van der Waals surface area contributed by atoms with E-state index in [1.807, 2.05) is 0 Å². The van der Waals surface area contributed by atoms with Gasteiger partial charge in [-0.2, -0.15) is 0 Å². The summed E-state index contributed by atoms with van der Waals surface area (Å²) in [6, 6.07) is 8.31. The number of halogens is 1. The van der Waals surface area contributed by atoms with Gasteiger partial charge in [-0.3, -0.25) is 10.1 Å². The molecule has 3 rings (SSSR count). The van der Waals surface area contributed by atoms with E-state index in [0.29, 0.717) is 16.7 Å². The van der Waals surface area contributed by atoms with Gasteiger partial charge in [-0.1, -0.05) is 0 Å². The molecule has 1 heterocycles. The maximum absolute atomic E-state index is 13.1. The topological polar surface area (TPSA) is 78.4 Å². The van der Waals surface area contributed by atoms with E-state index < -0.39 is 10.7 Å². The molecule has 0 spiro atoms. The number of ether oxygens (including phenoxy) is 1. The van der Waals surface area contributed by atoms with Crippen molar-refractivity contribution in [1.82, 2.24) is 4.98 Å². The van der Waals surface area contributed by atoms with Crippen LogP contribution >= 0.6 is 0 Å². The van der Waals surface area contributed by atoms with Crippen LogP contribution in [0, 0.1) is 15.9 Å². The molecule has 0 aliphatic rings. The van der Waals surface area contributed by atoms with Crippen LogP contribution in [0.1, 0.15) is 0 Å². The first-order chi connectivity index (χ1) is 10.1. The third-order valence-electron chi connectivity index (χ3n) is 2.97. The lowest BCUT2D eigenvalue weighted by Gasteiger charge is -2.02. The summed E-state index contributed by atoms with van der Waals surface area (Å²) in [5.41, 5.74) is 0.982. The van der Waals surface area contributed by atoms with Crippen LogP contribution in [0.25, 0.3) is 22.6 Å². The predicted octanol–water partition coefficient (Wildman–Crippen LogP) is 3.55. The lowest BCUT2D eigenvalue weighted by molar-refractivity contribution is -0.385. The second kappa shape index (κ2) is 4.86. The Kier molecular flexibility index (Phi) is 3.02. The molecule has 2 aromatic carbocycles. The number of oxazole rings is 1. The quantitative estimate of drug-likeness (QED) is 0.544. The van der Waals surface area contributed by atoms with Gasteiger partial charge in [-0.05, 0) is 24.3 Å². The van der Waals surface area contributed by atoms with E-state index in [9.17, 15) is 14.5 Å². The summed E-state index contributed by atoms with van der Waals surface area (Å²) in [4.78, 5) is 14.6. The van der Waals surface area contributed by atoms with Gasteiger partial charge in [0.15, 0.2) is 11.3 Å². The highest BCUT2D eigenvalue weighted by atomic mass is 19.1. The maximum Gasteiger partial charge on any atom is 0.311 e. The molecule has 21 heavy (non-hydrogen) atoms. The van der Waals surface area contributed by atoms with Gasteiger partial charge < -0.3 is 9.15 Å². The Balaban J connectivity index is 2.13. The third kappa shape index (κ3) is 2.29. The van der Waals surface area contributed by atoms with Gasteiger partial charge in [0.25, 0.3) is 0 Å². The molecule has 7 heteroatoms. The molecule has 106 valence electrons. The Morgan fingerprint density at radius 2 is 2.10 bits per heavy atom. The highest BCUT2D eigenvalue weighted by Gasteiger charge is 2.18. The zero-order chi connectivity index (χ0) is 15.0. The normalized spacial score (nSPS) is 10.8. The number of nitrogens with zero attached hydrogens (tertiary/aromatic N) is 2. The van der Waals surface area contributed by atoms with Crippen molar-refractivity contribution in [2.24, 2.45) is 0 Å². The molecule has 6 nitrogen and oxygen atoms in total. The first-order valence-electron chi connectivity index (χ1n) is 5.97. The summed E-state index contributed by atoms with van der Waals surface area (Å²) >= 11 is 0. The summed E-state index contributed by atoms with van der Waals surface area (Å²) in [7, 11) is 1.35. The number of nitro groups is 1. The number of hydrogen-bond acceptors (Lipinski definition) is 5. The van der Waals surface area contributed by atoms with E-state index in [1.54, 1.807) is 6.07 Å². The summed E-state index contributed by atoms with van der Waals surface area (Å²) in [5.74, 6) is -0.102. The Morgan fingerprint density at radius 3 is 2.81 bits per heavy atom. The van der Waals surface area contributed by atoms with E-state index in [2.05, 4.69) is 4.98 Å². The average molecular weight is 288 g/mol. The van der Waals surface area contributed by atoms with Crippen LogP contribution in [-0.4, -0.2) is 17.0 Å². The Hall–Kier alpha value is -2.96. The first kappa shape index (κ1) is 13.0. The molecule has 0 radical (unpaired) electrons. The SMILES string of the molecule is COc1ccc(-c2nc3cc(F)ccc3o2)cc1[N+](=O)[O-]. The first-order valence-corrected chi connectivity index (χ1v) is 5.97. The lowest BCUT2D eigenvalue weighted by atomic mass is 10.2. The molecular formula is C14H9FN2O4. The van der Waals surface area contributed by atoms with Gasteiger partial charge in [0, 0.05) is 17.7 Å². The third-order valence-corrected chi connectivity index (χ3v) is 2.97. The fourth-order valence-corrected chi connectivity index (χ4v) is 1.99.